The smallest absolute Gasteiger partial charge is 0.204 e. The molecule has 1 aromatic carbocycles. The lowest BCUT2D eigenvalue weighted by molar-refractivity contribution is 0.112. The summed E-state index contributed by atoms with van der Waals surface area (Å²) >= 11 is 0. The first-order chi connectivity index (χ1) is 11.7. The molecule has 1 rings (SSSR count). The molecule has 4 nitrogen and oxygen atoms in total. The number of phenols is 1. The molecule has 0 bridgehead atoms. The van der Waals surface area contributed by atoms with Crippen LogP contribution in [0.5, 0.6) is 17.2 Å². The molecule has 0 amide bonds. The van der Waals surface area contributed by atoms with Gasteiger partial charge in [-0.25, -0.2) is 0 Å². The predicted octanol–water partition coefficient (Wildman–Crippen LogP) is 4.79. The molecule has 5 heteroatoms. The van der Waals surface area contributed by atoms with E-state index in [-0.39, 0.29) is 11.5 Å². The third-order valence-corrected chi connectivity index (χ3v) is 11.4. The molecular formula is C20H30O4Si. The number of aromatic hydroxyl groups is 1. The molecular weight excluding hydrogens is 332 g/mol. The number of ether oxygens (including phenoxy) is 2. The Bertz CT molecular complexity index is 659. The molecule has 0 unspecified atom stereocenters. The van der Waals surface area contributed by atoms with Crippen LogP contribution in [0.3, 0.4) is 0 Å². The van der Waals surface area contributed by atoms with Crippen LogP contribution in [0.25, 0.3) is 0 Å². The van der Waals surface area contributed by atoms with E-state index in [9.17, 15) is 9.90 Å². The summed E-state index contributed by atoms with van der Waals surface area (Å²) in [6.07, 6.45) is 0.690. The van der Waals surface area contributed by atoms with Crippen LogP contribution in [-0.2, 0) is 0 Å². The van der Waals surface area contributed by atoms with Crippen molar-refractivity contribution in [2.24, 2.45) is 0 Å². The van der Waals surface area contributed by atoms with Gasteiger partial charge in [-0.2, -0.15) is 0 Å². The van der Waals surface area contributed by atoms with E-state index < -0.39 is 8.07 Å². The van der Waals surface area contributed by atoms with Crippen LogP contribution in [0.1, 0.15) is 57.5 Å². The number of hydrogen-bond acceptors (Lipinski definition) is 4. The van der Waals surface area contributed by atoms with Gasteiger partial charge >= 0.3 is 0 Å². The van der Waals surface area contributed by atoms with E-state index in [1.165, 1.54) is 14.2 Å². The Morgan fingerprint density at radius 1 is 1.04 bits per heavy atom. The molecule has 0 saturated heterocycles. The largest absolute Gasteiger partial charge is 0.503 e. The monoisotopic (exact) mass is 362 g/mol. The minimum absolute atomic E-state index is 0.143. The van der Waals surface area contributed by atoms with Crippen molar-refractivity contribution in [3.8, 4) is 28.7 Å². The third kappa shape index (κ3) is 3.85. The van der Waals surface area contributed by atoms with E-state index in [1.807, 2.05) is 0 Å². The first kappa shape index (κ1) is 21.1. The molecule has 138 valence electrons. The maximum absolute atomic E-state index is 11.5. The Morgan fingerprint density at radius 2 is 1.56 bits per heavy atom. The molecule has 25 heavy (non-hydrogen) atoms. The number of carbonyl (C=O) groups is 1. The van der Waals surface area contributed by atoms with Crippen LogP contribution in [0, 0.1) is 11.5 Å². The van der Waals surface area contributed by atoms with Crippen LogP contribution in [0.15, 0.2) is 6.07 Å². The summed E-state index contributed by atoms with van der Waals surface area (Å²) in [6.45, 7) is 13.3. The van der Waals surface area contributed by atoms with E-state index in [1.54, 1.807) is 6.07 Å². The molecule has 0 heterocycles. The Balaban J connectivity index is 3.69. The summed E-state index contributed by atoms with van der Waals surface area (Å²) in [7, 11) is 0.934. The molecule has 1 aromatic rings. The van der Waals surface area contributed by atoms with Crippen LogP contribution in [-0.4, -0.2) is 33.7 Å². The maximum Gasteiger partial charge on any atom is 0.204 e. The molecule has 0 aliphatic rings. The molecule has 0 aliphatic heterocycles. The lowest BCUT2D eigenvalue weighted by Crippen LogP contribution is -2.43. The van der Waals surface area contributed by atoms with Crippen molar-refractivity contribution in [3.63, 3.8) is 0 Å². The van der Waals surface area contributed by atoms with Gasteiger partial charge in [0, 0.05) is 5.56 Å². The Hall–Kier alpha value is -1.93. The predicted molar refractivity (Wildman–Crippen MR) is 105 cm³/mol. The first-order valence-electron chi connectivity index (χ1n) is 8.63. The average molecular weight is 363 g/mol. The highest BCUT2D eigenvalue weighted by Gasteiger charge is 2.41. The second-order valence-corrected chi connectivity index (χ2v) is 12.8. The lowest BCUT2D eigenvalue weighted by Gasteiger charge is -2.38. The molecule has 0 atom stereocenters. The van der Waals surface area contributed by atoms with Gasteiger partial charge < -0.3 is 14.6 Å². The number of hydrogen-bond donors (Lipinski definition) is 1. The summed E-state index contributed by atoms with van der Waals surface area (Å²) < 4.78 is 10.4. The number of carbonyl (C=O) groups excluding carboxylic acids is 1. The summed E-state index contributed by atoms with van der Waals surface area (Å²) in [6, 6.07) is 1.55. The highest BCUT2D eigenvalue weighted by Crippen LogP contribution is 2.43. The second kappa shape index (κ2) is 8.44. The topological polar surface area (TPSA) is 55.8 Å². The van der Waals surface area contributed by atoms with Crippen molar-refractivity contribution >= 4 is 14.4 Å². The minimum atomic E-state index is -1.98. The minimum Gasteiger partial charge on any atom is -0.503 e. The molecule has 0 aliphatic carbocycles. The average Bonchev–Trinajstić information content (AvgIpc) is 2.54. The Kier molecular flexibility index (Phi) is 7.13. The molecule has 0 radical (unpaired) electrons. The quantitative estimate of drug-likeness (QED) is 0.449. The lowest BCUT2D eigenvalue weighted by atomic mass is 10.1. The SMILES string of the molecule is COc1cc(C=O)c(C#C[Si](C(C)C)(C(C)C)C(C)C)c(O)c1OC. The number of rotatable bonds is 6. The van der Waals surface area contributed by atoms with Crippen LogP contribution < -0.4 is 9.47 Å². The van der Waals surface area contributed by atoms with Crippen LogP contribution in [0.4, 0.5) is 0 Å². The summed E-state index contributed by atoms with van der Waals surface area (Å²) in [5.74, 6) is 3.51. The molecule has 0 fully saturated rings. The molecule has 0 saturated carbocycles. The van der Waals surface area contributed by atoms with Crippen molar-refractivity contribution in [2.75, 3.05) is 14.2 Å². The number of methoxy groups -OCH3 is 2. The molecule has 1 N–H and O–H groups in total. The van der Waals surface area contributed by atoms with Gasteiger partial charge in [-0.15, -0.1) is 5.54 Å². The second-order valence-electron chi connectivity index (χ2n) is 7.19. The van der Waals surface area contributed by atoms with Gasteiger partial charge in [0.2, 0.25) is 5.75 Å². The van der Waals surface area contributed by atoms with E-state index in [0.29, 0.717) is 39.8 Å². The summed E-state index contributed by atoms with van der Waals surface area (Å²) in [5, 5.41) is 10.6. The van der Waals surface area contributed by atoms with E-state index in [4.69, 9.17) is 9.47 Å². The van der Waals surface area contributed by atoms with Crippen molar-refractivity contribution in [2.45, 2.75) is 58.2 Å². The summed E-state index contributed by atoms with van der Waals surface area (Å²) in [5.41, 5.74) is 5.53. The fourth-order valence-electron chi connectivity index (χ4n) is 3.82. The van der Waals surface area contributed by atoms with Gasteiger partial charge in [-0.3, -0.25) is 4.79 Å². The van der Waals surface area contributed by atoms with Crippen molar-refractivity contribution in [1.82, 2.24) is 0 Å². The Labute approximate surface area is 152 Å². The number of aldehydes is 1. The highest BCUT2D eigenvalue weighted by atomic mass is 28.3. The highest BCUT2D eigenvalue weighted by molar-refractivity contribution is 6.90. The third-order valence-electron chi connectivity index (χ3n) is 5.07. The van der Waals surface area contributed by atoms with E-state index >= 15 is 0 Å². The first-order valence-corrected chi connectivity index (χ1v) is 10.9. The normalized spacial score (nSPS) is 11.5. The van der Waals surface area contributed by atoms with Crippen molar-refractivity contribution in [3.05, 3.63) is 17.2 Å². The standard InChI is InChI=1S/C20H30O4Si/c1-13(2)25(14(3)4,15(5)6)10-9-17-16(12-21)11-18(23-7)20(24-8)19(17)22/h11-15,22H,1-8H3. The van der Waals surface area contributed by atoms with Gasteiger partial charge in [-0.05, 0) is 22.7 Å². The Morgan fingerprint density at radius 3 is 1.92 bits per heavy atom. The fourth-order valence-corrected chi connectivity index (χ4v) is 9.03. The molecule has 0 aromatic heterocycles. The van der Waals surface area contributed by atoms with E-state index in [0.717, 1.165) is 0 Å². The zero-order valence-electron chi connectivity index (χ0n) is 16.6. The number of phenolic OH excluding ortho intramolecular Hbond substituents is 1. The van der Waals surface area contributed by atoms with Crippen molar-refractivity contribution < 1.29 is 19.4 Å². The van der Waals surface area contributed by atoms with Gasteiger partial charge in [0.25, 0.3) is 0 Å². The van der Waals surface area contributed by atoms with Gasteiger partial charge in [0.05, 0.1) is 19.8 Å². The van der Waals surface area contributed by atoms with Gasteiger partial charge in [-0.1, -0.05) is 47.5 Å². The van der Waals surface area contributed by atoms with Crippen molar-refractivity contribution in [1.29, 1.82) is 0 Å². The van der Waals surface area contributed by atoms with Gasteiger partial charge in [0.15, 0.2) is 17.8 Å². The zero-order valence-corrected chi connectivity index (χ0v) is 17.6. The molecule has 0 spiro atoms. The zero-order chi connectivity index (χ0) is 19.4. The van der Waals surface area contributed by atoms with Gasteiger partial charge in [0.1, 0.15) is 8.07 Å². The summed E-state index contributed by atoms with van der Waals surface area (Å²) in [4.78, 5) is 11.5. The maximum atomic E-state index is 11.5. The van der Waals surface area contributed by atoms with Crippen LogP contribution in [0.2, 0.25) is 16.6 Å². The van der Waals surface area contributed by atoms with Crippen LogP contribution >= 0.6 is 0 Å². The fraction of sp³-hybridized carbons (Fsp3) is 0.550. The number of benzene rings is 1. The van der Waals surface area contributed by atoms with E-state index in [2.05, 4.69) is 53.0 Å².